The summed E-state index contributed by atoms with van der Waals surface area (Å²) in [6.07, 6.45) is 1.50. The minimum atomic E-state index is -0.344. The van der Waals surface area contributed by atoms with Crippen molar-refractivity contribution in [2.24, 2.45) is 5.10 Å². The Hall–Kier alpha value is -4.33. The summed E-state index contributed by atoms with van der Waals surface area (Å²) >= 11 is 0. The van der Waals surface area contributed by atoms with Gasteiger partial charge in [0.2, 0.25) is 0 Å². The summed E-state index contributed by atoms with van der Waals surface area (Å²) in [5.74, 6) is 0.947. The van der Waals surface area contributed by atoms with Crippen LogP contribution in [-0.2, 0) is 4.79 Å². The number of anilines is 1. The highest BCUT2D eigenvalue weighted by Crippen LogP contribution is 2.28. The number of hydrogen-bond acceptors (Lipinski definition) is 6. The van der Waals surface area contributed by atoms with Gasteiger partial charge in [-0.3, -0.25) is 9.59 Å². The highest BCUT2D eigenvalue weighted by Gasteiger charge is 2.10. The number of rotatable bonds is 10. The van der Waals surface area contributed by atoms with E-state index >= 15 is 0 Å². The summed E-state index contributed by atoms with van der Waals surface area (Å²) in [6.45, 7) is 6.11. The van der Waals surface area contributed by atoms with Crippen LogP contribution < -0.4 is 25.0 Å². The number of nitrogens with one attached hydrogen (secondary N) is 2. The summed E-state index contributed by atoms with van der Waals surface area (Å²) in [7, 11) is 1.56. The zero-order valence-corrected chi connectivity index (χ0v) is 20.3. The first-order chi connectivity index (χ1) is 16.9. The van der Waals surface area contributed by atoms with E-state index in [2.05, 4.69) is 15.8 Å². The molecule has 3 aromatic carbocycles. The molecule has 8 nitrogen and oxygen atoms in total. The molecular weight excluding hydrogens is 446 g/mol. The van der Waals surface area contributed by atoms with E-state index < -0.39 is 0 Å². The first-order valence-corrected chi connectivity index (χ1v) is 11.1. The van der Waals surface area contributed by atoms with Gasteiger partial charge in [-0.25, -0.2) is 5.43 Å². The Morgan fingerprint density at radius 1 is 0.914 bits per heavy atom. The fourth-order valence-electron chi connectivity index (χ4n) is 3.12. The molecular formula is C27H29N3O5. The zero-order chi connectivity index (χ0) is 25.2. The molecule has 0 spiro atoms. The number of benzene rings is 3. The topological polar surface area (TPSA) is 98.2 Å². The van der Waals surface area contributed by atoms with E-state index in [0.717, 1.165) is 16.8 Å². The number of methoxy groups -OCH3 is 1. The van der Waals surface area contributed by atoms with Gasteiger partial charge in [-0.1, -0.05) is 6.07 Å². The number of hydrazone groups is 1. The first kappa shape index (κ1) is 25.3. The van der Waals surface area contributed by atoms with Crippen molar-refractivity contribution in [2.75, 3.05) is 25.6 Å². The third-order valence-electron chi connectivity index (χ3n) is 5.15. The van der Waals surface area contributed by atoms with E-state index in [1.54, 1.807) is 49.6 Å². The number of ether oxygens (including phenoxy) is 3. The van der Waals surface area contributed by atoms with E-state index in [1.807, 2.05) is 39.0 Å². The molecule has 0 fully saturated rings. The average Bonchev–Trinajstić information content (AvgIpc) is 2.86. The van der Waals surface area contributed by atoms with E-state index in [-0.39, 0.29) is 18.4 Å². The first-order valence-electron chi connectivity index (χ1n) is 11.1. The van der Waals surface area contributed by atoms with Crippen LogP contribution in [0.15, 0.2) is 65.8 Å². The van der Waals surface area contributed by atoms with Crippen LogP contribution in [0.25, 0.3) is 0 Å². The van der Waals surface area contributed by atoms with E-state index in [1.165, 1.54) is 6.21 Å². The zero-order valence-electron chi connectivity index (χ0n) is 20.3. The molecule has 8 heteroatoms. The number of amides is 2. The summed E-state index contributed by atoms with van der Waals surface area (Å²) in [4.78, 5) is 24.6. The van der Waals surface area contributed by atoms with Gasteiger partial charge in [0.05, 0.1) is 19.9 Å². The molecule has 2 N–H and O–H groups in total. The number of carbonyl (C=O) groups excluding carboxylic acids is 2. The van der Waals surface area contributed by atoms with Crippen molar-refractivity contribution < 1.29 is 23.8 Å². The Labute approximate surface area is 204 Å². The van der Waals surface area contributed by atoms with Gasteiger partial charge in [0, 0.05) is 11.3 Å². The van der Waals surface area contributed by atoms with Crippen LogP contribution >= 0.6 is 0 Å². The van der Waals surface area contributed by atoms with Crippen LogP contribution in [0.2, 0.25) is 0 Å². The number of hydrogen-bond donors (Lipinski definition) is 2. The van der Waals surface area contributed by atoms with Crippen molar-refractivity contribution in [3.63, 3.8) is 0 Å². The average molecular weight is 476 g/mol. The molecule has 0 heterocycles. The Morgan fingerprint density at radius 3 is 2.37 bits per heavy atom. The Balaban J connectivity index is 1.59. The van der Waals surface area contributed by atoms with E-state index in [4.69, 9.17) is 14.2 Å². The van der Waals surface area contributed by atoms with Gasteiger partial charge in [0.15, 0.2) is 18.1 Å². The van der Waals surface area contributed by atoms with Crippen molar-refractivity contribution in [2.45, 2.75) is 20.8 Å². The molecule has 0 unspecified atom stereocenters. The molecule has 2 amide bonds. The van der Waals surface area contributed by atoms with Crippen LogP contribution in [0, 0.1) is 13.8 Å². The predicted octanol–water partition coefficient (Wildman–Crippen LogP) is 4.49. The fourth-order valence-corrected chi connectivity index (χ4v) is 3.12. The van der Waals surface area contributed by atoms with Crippen molar-refractivity contribution in [3.05, 3.63) is 82.9 Å². The van der Waals surface area contributed by atoms with Gasteiger partial charge in [-0.15, -0.1) is 0 Å². The maximum Gasteiger partial charge on any atom is 0.271 e. The Bertz CT molecular complexity index is 1210. The Morgan fingerprint density at radius 2 is 1.69 bits per heavy atom. The van der Waals surface area contributed by atoms with Gasteiger partial charge < -0.3 is 19.5 Å². The van der Waals surface area contributed by atoms with E-state index in [0.29, 0.717) is 35.0 Å². The van der Waals surface area contributed by atoms with Gasteiger partial charge in [-0.2, -0.15) is 5.10 Å². The molecule has 0 saturated carbocycles. The lowest BCUT2D eigenvalue weighted by Gasteiger charge is -2.13. The van der Waals surface area contributed by atoms with Gasteiger partial charge in [0.25, 0.3) is 11.8 Å². The molecule has 3 rings (SSSR count). The number of aryl methyl sites for hydroxylation is 2. The molecule has 0 radical (unpaired) electrons. The van der Waals surface area contributed by atoms with Crippen LogP contribution in [0.1, 0.15) is 34.0 Å². The standard InChI is InChI=1S/C27H29N3O5/c1-5-34-25-15-20(16-28-30-27(32)21-8-11-23(33-4)12-9-21)7-13-24(25)35-17-26(31)29-22-10-6-18(2)19(3)14-22/h6-16H,5,17H2,1-4H3,(H,29,31)(H,30,32)/b28-16+. The summed E-state index contributed by atoms with van der Waals surface area (Å²) in [5.41, 5.74) is 6.61. The quantitative estimate of drug-likeness (QED) is 0.333. The lowest BCUT2D eigenvalue weighted by Crippen LogP contribution is -2.20. The minimum Gasteiger partial charge on any atom is -0.497 e. The van der Waals surface area contributed by atoms with Crippen molar-refractivity contribution >= 4 is 23.7 Å². The minimum absolute atomic E-state index is 0.168. The van der Waals surface area contributed by atoms with Crippen LogP contribution in [0.5, 0.6) is 17.2 Å². The van der Waals surface area contributed by atoms with Crippen molar-refractivity contribution in [1.82, 2.24) is 5.43 Å². The summed E-state index contributed by atoms with van der Waals surface area (Å²) in [5, 5.41) is 6.84. The van der Waals surface area contributed by atoms with Crippen molar-refractivity contribution in [3.8, 4) is 17.2 Å². The van der Waals surface area contributed by atoms with Crippen molar-refractivity contribution in [1.29, 1.82) is 0 Å². The second kappa shape index (κ2) is 12.2. The second-order valence-corrected chi connectivity index (χ2v) is 7.70. The normalized spacial score (nSPS) is 10.6. The van der Waals surface area contributed by atoms with Crippen LogP contribution in [0.4, 0.5) is 5.69 Å². The van der Waals surface area contributed by atoms with Gasteiger partial charge in [-0.05, 0) is 92.1 Å². The molecule has 182 valence electrons. The molecule has 0 aliphatic heterocycles. The third kappa shape index (κ3) is 7.33. The SMILES string of the molecule is CCOc1cc(/C=N/NC(=O)c2ccc(OC)cc2)ccc1OCC(=O)Nc1ccc(C)c(C)c1. The number of nitrogens with zero attached hydrogens (tertiary/aromatic N) is 1. The smallest absolute Gasteiger partial charge is 0.271 e. The molecule has 3 aromatic rings. The van der Waals surface area contributed by atoms with Gasteiger partial charge in [0.1, 0.15) is 5.75 Å². The fraction of sp³-hybridized carbons (Fsp3) is 0.222. The summed E-state index contributed by atoms with van der Waals surface area (Å²) in [6, 6.07) is 17.6. The molecule has 35 heavy (non-hydrogen) atoms. The molecule has 0 bridgehead atoms. The van der Waals surface area contributed by atoms with Crippen LogP contribution in [-0.4, -0.2) is 38.4 Å². The highest BCUT2D eigenvalue weighted by molar-refractivity contribution is 5.95. The molecule has 0 aliphatic carbocycles. The molecule has 0 aromatic heterocycles. The van der Waals surface area contributed by atoms with Crippen LogP contribution in [0.3, 0.4) is 0 Å². The Kier molecular flexibility index (Phi) is 8.83. The molecule has 0 saturated heterocycles. The third-order valence-corrected chi connectivity index (χ3v) is 5.15. The summed E-state index contributed by atoms with van der Waals surface area (Å²) < 4.78 is 16.4. The lowest BCUT2D eigenvalue weighted by atomic mass is 10.1. The second-order valence-electron chi connectivity index (χ2n) is 7.70. The lowest BCUT2D eigenvalue weighted by molar-refractivity contribution is -0.118. The largest absolute Gasteiger partial charge is 0.497 e. The maximum atomic E-state index is 12.3. The van der Waals surface area contributed by atoms with E-state index in [9.17, 15) is 9.59 Å². The molecule has 0 aliphatic rings. The maximum absolute atomic E-state index is 12.3. The highest BCUT2D eigenvalue weighted by atomic mass is 16.5. The molecule has 0 atom stereocenters. The van der Waals surface area contributed by atoms with Gasteiger partial charge >= 0.3 is 0 Å². The number of carbonyl (C=O) groups is 2. The monoisotopic (exact) mass is 475 g/mol. The predicted molar refractivity (Wildman–Crippen MR) is 136 cm³/mol.